The minimum atomic E-state index is -1.44. The highest BCUT2D eigenvalue weighted by molar-refractivity contribution is 5.26. The maximum Gasteiger partial charge on any atom is 0.203 e. The molecule has 2 aromatic rings. The van der Waals surface area contributed by atoms with Crippen LogP contribution < -0.4 is 0 Å². The summed E-state index contributed by atoms with van der Waals surface area (Å²) >= 11 is 0. The first-order chi connectivity index (χ1) is 11.9. The molecule has 0 aromatic heterocycles. The first-order valence-electron chi connectivity index (χ1n) is 8.65. The predicted octanol–water partition coefficient (Wildman–Crippen LogP) is 4.19. The van der Waals surface area contributed by atoms with E-state index in [1.54, 1.807) is 0 Å². The molecule has 3 nitrogen and oxygen atoms in total. The average Bonchev–Trinajstić information content (AvgIpc) is 2.60. The Kier molecular flexibility index (Phi) is 6.54. The van der Waals surface area contributed by atoms with E-state index in [2.05, 4.69) is 4.90 Å². The van der Waals surface area contributed by atoms with E-state index < -0.39 is 11.2 Å². The van der Waals surface area contributed by atoms with Crippen molar-refractivity contribution in [3.8, 4) is 0 Å². The zero-order chi connectivity index (χ0) is 18.3. The van der Waals surface area contributed by atoms with Gasteiger partial charge in [0.1, 0.15) is 0 Å². The van der Waals surface area contributed by atoms with Gasteiger partial charge in [-0.25, -0.2) is 0 Å². The second-order valence-corrected chi connectivity index (χ2v) is 6.94. The number of ether oxygens (including phenoxy) is 1. The lowest BCUT2D eigenvalue weighted by Gasteiger charge is -2.44. The van der Waals surface area contributed by atoms with Crippen molar-refractivity contribution in [3.05, 3.63) is 83.9 Å². The van der Waals surface area contributed by atoms with E-state index >= 15 is 0 Å². The van der Waals surface area contributed by atoms with Crippen LogP contribution in [0.15, 0.2) is 72.8 Å². The summed E-state index contributed by atoms with van der Waals surface area (Å²) < 4.78 is 6.20. The second kappa shape index (κ2) is 8.43. The van der Waals surface area contributed by atoms with E-state index in [9.17, 15) is 5.11 Å². The molecule has 25 heavy (non-hydrogen) atoms. The van der Waals surface area contributed by atoms with Crippen molar-refractivity contribution in [2.75, 3.05) is 20.6 Å². The van der Waals surface area contributed by atoms with Gasteiger partial charge in [-0.15, -0.1) is 0 Å². The van der Waals surface area contributed by atoms with Gasteiger partial charge in [-0.2, -0.15) is 0 Å². The molecule has 2 aromatic carbocycles. The van der Waals surface area contributed by atoms with Crippen LogP contribution in [0.4, 0.5) is 0 Å². The van der Waals surface area contributed by atoms with E-state index in [4.69, 9.17) is 4.74 Å². The maximum atomic E-state index is 11.7. The van der Waals surface area contributed by atoms with Crippen LogP contribution in [-0.2, 0) is 17.1 Å². The SMILES string of the molecule is C/C=C/C(C)(CN(C)C)C(O)(OCc1ccccc1)c1ccccc1. The highest BCUT2D eigenvalue weighted by Crippen LogP contribution is 2.43. The number of allylic oxidation sites excluding steroid dienone is 1. The van der Waals surface area contributed by atoms with E-state index in [1.807, 2.05) is 101 Å². The molecule has 2 unspecified atom stereocenters. The lowest BCUT2D eigenvalue weighted by Crippen LogP contribution is -2.50. The second-order valence-electron chi connectivity index (χ2n) is 6.94. The van der Waals surface area contributed by atoms with E-state index in [0.717, 1.165) is 11.1 Å². The molecule has 0 aliphatic rings. The van der Waals surface area contributed by atoms with Crippen LogP contribution in [0.2, 0.25) is 0 Å². The molecule has 0 saturated carbocycles. The molecule has 0 fully saturated rings. The number of benzene rings is 2. The van der Waals surface area contributed by atoms with Crippen molar-refractivity contribution >= 4 is 0 Å². The molecular weight excluding hydrogens is 310 g/mol. The molecule has 0 spiro atoms. The minimum absolute atomic E-state index is 0.340. The van der Waals surface area contributed by atoms with Gasteiger partial charge in [-0.1, -0.05) is 72.8 Å². The van der Waals surface area contributed by atoms with Gasteiger partial charge in [-0.3, -0.25) is 0 Å². The summed E-state index contributed by atoms with van der Waals surface area (Å²) in [5, 5.41) is 11.7. The fraction of sp³-hybridized carbons (Fsp3) is 0.364. The molecule has 0 radical (unpaired) electrons. The zero-order valence-electron chi connectivity index (χ0n) is 15.6. The van der Waals surface area contributed by atoms with Crippen molar-refractivity contribution in [1.29, 1.82) is 0 Å². The summed E-state index contributed by atoms with van der Waals surface area (Å²) in [6.07, 6.45) is 4.01. The molecule has 0 aliphatic carbocycles. The predicted molar refractivity (Wildman–Crippen MR) is 103 cm³/mol. The highest BCUT2D eigenvalue weighted by atomic mass is 16.6. The Hall–Kier alpha value is -1.94. The first-order valence-corrected chi connectivity index (χ1v) is 8.65. The fourth-order valence-electron chi connectivity index (χ4n) is 3.30. The van der Waals surface area contributed by atoms with Crippen LogP contribution in [0.3, 0.4) is 0 Å². The maximum absolute atomic E-state index is 11.7. The van der Waals surface area contributed by atoms with Gasteiger partial charge in [0.05, 0.1) is 12.0 Å². The summed E-state index contributed by atoms with van der Waals surface area (Å²) in [4.78, 5) is 2.07. The van der Waals surface area contributed by atoms with Crippen LogP contribution in [0.5, 0.6) is 0 Å². The van der Waals surface area contributed by atoms with Gasteiger partial charge in [-0.05, 0) is 33.5 Å². The Labute approximate surface area is 151 Å². The number of hydrogen-bond acceptors (Lipinski definition) is 3. The van der Waals surface area contributed by atoms with Crippen molar-refractivity contribution in [1.82, 2.24) is 4.90 Å². The normalized spacial score (nSPS) is 16.7. The Balaban J connectivity index is 2.43. The summed E-state index contributed by atoms with van der Waals surface area (Å²) in [6, 6.07) is 19.6. The number of nitrogens with zero attached hydrogens (tertiary/aromatic N) is 1. The van der Waals surface area contributed by atoms with Crippen LogP contribution in [-0.4, -0.2) is 30.6 Å². The Bertz CT molecular complexity index is 669. The van der Waals surface area contributed by atoms with Crippen molar-refractivity contribution in [3.63, 3.8) is 0 Å². The highest BCUT2D eigenvalue weighted by Gasteiger charge is 2.48. The molecule has 0 aliphatic heterocycles. The van der Waals surface area contributed by atoms with Gasteiger partial charge in [0.25, 0.3) is 0 Å². The van der Waals surface area contributed by atoms with Gasteiger partial charge in [0, 0.05) is 12.1 Å². The summed E-state index contributed by atoms with van der Waals surface area (Å²) in [7, 11) is 4.01. The third-order valence-electron chi connectivity index (χ3n) is 4.41. The molecule has 0 bridgehead atoms. The number of rotatable bonds is 8. The van der Waals surface area contributed by atoms with E-state index in [1.165, 1.54) is 0 Å². The lowest BCUT2D eigenvalue weighted by molar-refractivity contribution is -0.276. The lowest BCUT2D eigenvalue weighted by atomic mass is 9.76. The van der Waals surface area contributed by atoms with E-state index in [-0.39, 0.29) is 0 Å². The molecule has 0 heterocycles. The number of hydrogen-bond donors (Lipinski definition) is 1. The van der Waals surface area contributed by atoms with E-state index in [0.29, 0.717) is 13.2 Å². The quantitative estimate of drug-likeness (QED) is 0.578. The van der Waals surface area contributed by atoms with Gasteiger partial charge in [0.15, 0.2) is 0 Å². The van der Waals surface area contributed by atoms with Gasteiger partial charge in [0.2, 0.25) is 5.79 Å². The molecular formula is C22H29NO2. The van der Waals surface area contributed by atoms with Crippen molar-refractivity contribution < 1.29 is 9.84 Å². The van der Waals surface area contributed by atoms with Crippen LogP contribution in [0.1, 0.15) is 25.0 Å². The summed E-state index contributed by atoms with van der Waals surface area (Å²) in [5.74, 6) is -1.44. The fourth-order valence-corrected chi connectivity index (χ4v) is 3.30. The molecule has 3 heteroatoms. The number of aliphatic hydroxyl groups is 1. The zero-order valence-corrected chi connectivity index (χ0v) is 15.6. The molecule has 1 N–H and O–H groups in total. The third kappa shape index (κ3) is 4.57. The molecule has 0 amide bonds. The topological polar surface area (TPSA) is 32.7 Å². The largest absolute Gasteiger partial charge is 0.361 e. The third-order valence-corrected chi connectivity index (χ3v) is 4.41. The average molecular weight is 339 g/mol. The molecule has 0 saturated heterocycles. The Morgan fingerprint density at radius 3 is 2.08 bits per heavy atom. The first kappa shape index (κ1) is 19.4. The Morgan fingerprint density at radius 1 is 1.00 bits per heavy atom. The molecule has 2 atom stereocenters. The van der Waals surface area contributed by atoms with Crippen LogP contribution in [0.25, 0.3) is 0 Å². The monoisotopic (exact) mass is 339 g/mol. The standard InChI is InChI=1S/C22H29NO2/c1-5-16-21(2,18-23(3)4)22(24,20-14-10-7-11-15-20)25-17-19-12-8-6-9-13-19/h5-16,24H,17-18H2,1-4H3/b16-5+. The molecule has 2 rings (SSSR count). The van der Waals surface area contributed by atoms with Crippen molar-refractivity contribution in [2.24, 2.45) is 5.41 Å². The van der Waals surface area contributed by atoms with Crippen molar-refractivity contribution in [2.45, 2.75) is 26.2 Å². The summed E-state index contributed by atoms with van der Waals surface area (Å²) in [6.45, 7) is 4.99. The Morgan fingerprint density at radius 2 is 1.56 bits per heavy atom. The van der Waals surface area contributed by atoms with Crippen LogP contribution >= 0.6 is 0 Å². The molecule has 134 valence electrons. The smallest absolute Gasteiger partial charge is 0.203 e. The van der Waals surface area contributed by atoms with Gasteiger partial charge >= 0.3 is 0 Å². The van der Waals surface area contributed by atoms with Gasteiger partial charge < -0.3 is 14.7 Å². The summed E-state index contributed by atoms with van der Waals surface area (Å²) in [5.41, 5.74) is 1.18. The minimum Gasteiger partial charge on any atom is -0.361 e. The van der Waals surface area contributed by atoms with Crippen LogP contribution in [0, 0.1) is 5.41 Å².